The molecule has 0 aliphatic rings. The lowest BCUT2D eigenvalue weighted by Gasteiger charge is -2.10. The minimum absolute atomic E-state index is 0.469. The number of hydrogen-bond acceptors (Lipinski definition) is 2. The van der Waals surface area contributed by atoms with Crippen molar-refractivity contribution < 1.29 is 0 Å². The first-order valence-corrected chi connectivity index (χ1v) is 6.85. The van der Waals surface area contributed by atoms with Gasteiger partial charge in [-0.2, -0.15) is 0 Å². The molecule has 0 aliphatic heterocycles. The van der Waals surface area contributed by atoms with Gasteiger partial charge >= 0.3 is 0 Å². The Kier molecular flexibility index (Phi) is 4.83. The molecule has 4 heteroatoms. The third-order valence-electron chi connectivity index (χ3n) is 2.67. The summed E-state index contributed by atoms with van der Waals surface area (Å²) in [6.07, 6.45) is 0. The topological polar surface area (TPSA) is 38.4 Å². The molecule has 0 spiro atoms. The number of nitrogen functional groups attached to an aromatic ring is 1. The van der Waals surface area contributed by atoms with Crippen LogP contribution in [-0.4, -0.2) is 18.1 Å². The van der Waals surface area contributed by atoms with E-state index >= 15 is 0 Å². The van der Waals surface area contributed by atoms with E-state index in [0.717, 1.165) is 16.8 Å². The van der Waals surface area contributed by atoms with Crippen molar-refractivity contribution in [2.75, 3.05) is 18.2 Å². The maximum absolute atomic E-state index is 6.05. The Hall–Kier alpha value is -1.51. The van der Waals surface area contributed by atoms with Crippen LogP contribution in [0.5, 0.6) is 0 Å². The van der Waals surface area contributed by atoms with Crippen LogP contribution in [0.1, 0.15) is 11.1 Å². The van der Waals surface area contributed by atoms with Crippen molar-refractivity contribution in [2.45, 2.75) is 0 Å². The summed E-state index contributed by atoms with van der Waals surface area (Å²) in [5.41, 5.74) is 9.34. The van der Waals surface area contributed by atoms with Crippen LogP contribution in [0.4, 0.5) is 5.69 Å². The SMILES string of the molecule is Nc1ccc(Cl)cc1C(=NCCCl)c1ccccc1. The Balaban J connectivity index is 2.52. The Bertz CT molecular complexity index is 580. The lowest BCUT2D eigenvalue weighted by Crippen LogP contribution is -2.08. The number of nitrogens with zero attached hydrogens (tertiary/aromatic N) is 1. The molecule has 2 rings (SSSR count). The predicted octanol–water partition coefficient (Wildman–Crippen LogP) is 4.00. The zero-order valence-corrected chi connectivity index (χ0v) is 11.8. The maximum Gasteiger partial charge on any atom is 0.0740 e. The van der Waals surface area contributed by atoms with Crippen molar-refractivity contribution in [3.8, 4) is 0 Å². The molecule has 0 atom stereocenters. The van der Waals surface area contributed by atoms with Crippen LogP contribution < -0.4 is 5.73 Å². The first-order chi connectivity index (χ1) is 9.22. The molecule has 19 heavy (non-hydrogen) atoms. The molecule has 2 N–H and O–H groups in total. The molecule has 0 amide bonds. The third-order valence-corrected chi connectivity index (χ3v) is 3.08. The number of nitrogens with two attached hydrogens (primary N) is 1. The Labute approximate surface area is 122 Å². The Morgan fingerprint density at radius 3 is 2.53 bits per heavy atom. The quantitative estimate of drug-likeness (QED) is 0.516. The van der Waals surface area contributed by atoms with Crippen LogP contribution in [0.25, 0.3) is 0 Å². The minimum atomic E-state index is 0.469. The number of rotatable bonds is 4. The van der Waals surface area contributed by atoms with Gasteiger partial charge in [-0.05, 0) is 18.2 Å². The minimum Gasteiger partial charge on any atom is -0.398 e. The van der Waals surface area contributed by atoms with Crippen molar-refractivity contribution in [1.82, 2.24) is 0 Å². The lowest BCUT2D eigenvalue weighted by molar-refractivity contribution is 1.14. The second-order valence-electron chi connectivity index (χ2n) is 4.02. The first-order valence-electron chi connectivity index (χ1n) is 5.93. The summed E-state index contributed by atoms with van der Waals surface area (Å²) in [4.78, 5) is 4.53. The van der Waals surface area contributed by atoms with E-state index < -0.39 is 0 Å². The fourth-order valence-electron chi connectivity index (χ4n) is 1.82. The second-order valence-corrected chi connectivity index (χ2v) is 4.83. The number of anilines is 1. The van der Waals surface area contributed by atoms with Crippen molar-refractivity contribution >= 4 is 34.6 Å². The standard InChI is InChI=1S/C15H14Cl2N2/c16-8-9-19-15(11-4-2-1-3-5-11)13-10-12(17)6-7-14(13)18/h1-7,10H,8-9,18H2. The van der Waals surface area contributed by atoms with Gasteiger partial charge in [0.05, 0.1) is 12.3 Å². The third kappa shape index (κ3) is 3.49. The van der Waals surface area contributed by atoms with E-state index in [2.05, 4.69) is 4.99 Å². The van der Waals surface area contributed by atoms with Gasteiger partial charge < -0.3 is 5.73 Å². The van der Waals surface area contributed by atoms with Gasteiger partial charge in [-0.25, -0.2) is 0 Å². The van der Waals surface area contributed by atoms with Crippen molar-refractivity contribution in [2.24, 2.45) is 4.99 Å². The molecule has 2 aromatic carbocycles. The molecule has 2 aromatic rings. The molecule has 0 bridgehead atoms. The van der Waals surface area contributed by atoms with E-state index in [1.807, 2.05) is 36.4 Å². The van der Waals surface area contributed by atoms with Gasteiger partial charge in [-0.3, -0.25) is 4.99 Å². The lowest BCUT2D eigenvalue weighted by atomic mass is 10.0. The molecule has 0 aliphatic carbocycles. The molecule has 0 unspecified atom stereocenters. The Morgan fingerprint density at radius 2 is 1.84 bits per heavy atom. The van der Waals surface area contributed by atoms with E-state index in [9.17, 15) is 0 Å². The fraction of sp³-hybridized carbons (Fsp3) is 0.133. The summed E-state index contributed by atoms with van der Waals surface area (Å²) in [6, 6.07) is 15.3. The summed E-state index contributed by atoms with van der Waals surface area (Å²) in [6.45, 7) is 0.539. The van der Waals surface area contributed by atoms with Crippen molar-refractivity contribution in [3.63, 3.8) is 0 Å². The molecule has 2 nitrogen and oxygen atoms in total. The summed E-state index contributed by atoms with van der Waals surface area (Å²) >= 11 is 11.8. The zero-order chi connectivity index (χ0) is 13.7. The molecule has 0 aromatic heterocycles. The van der Waals surface area contributed by atoms with Gasteiger partial charge in [0, 0.05) is 27.7 Å². The van der Waals surface area contributed by atoms with Crippen LogP contribution in [-0.2, 0) is 0 Å². The number of benzene rings is 2. The van der Waals surface area contributed by atoms with Crippen molar-refractivity contribution in [3.05, 3.63) is 64.7 Å². The van der Waals surface area contributed by atoms with Gasteiger partial charge in [0.15, 0.2) is 0 Å². The largest absolute Gasteiger partial charge is 0.398 e. The molecule has 0 saturated carbocycles. The van der Waals surface area contributed by atoms with Gasteiger partial charge in [-0.15, -0.1) is 11.6 Å². The molecule has 0 saturated heterocycles. The molecular weight excluding hydrogens is 279 g/mol. The normalized spacial score (nSPS) is 11.6. The van der Waals surface area contributed by atoms with E-state index in [4.69, 9.17) is 28.9 Å². The maximum atomic E-state index is 6.05. The van der Waals surface area contributed by atoms with Gasteiger partial charge in [-0.1, -0.05) is 41.9 Å². The first kappa shape index (κ1) is 13.9. The van der Waals surface area contributed by atoms with E-state index in [-0.39, 0.29) is 0 Å². The van der Waals surface area contributed by atoms with Crippen molar-refractivity contribution in [1.29, 1.82) is 0 Å². The highest BCUT2D eigenvalue weighted by Gasteiger charge is 2.10. The predicted molar refractivity (Wildman–Crippen MR) is 83.5 cm³/mol. The van der Waals surface area contributed by atoms with Gasteiger partial charge in [0.2, 0.25) is 0 Å². The van der Waals surface area contributed by atoms with Gasteiger partial charge in [0.25, 0.3) is 0 Å². The summed E-state index contributed by atoms with van der Waals surface area (Å²) in [5, 5.41) is 0.638. The van der Waals surface area contributed by atoms with Crippen LogP contribution in [0.3, 0.4) is 0 Å². The summed E-state index contributed by atoms with van der Waals surface area (Å²) in [5.74, 6) is 0.469. The van der Waals surface area contributed by atoms with Crippen LogP contribution in [0.15, 0.2) is 53.5 Å². The van der Waals surface area contributed by atoms with Crippen LogP contribution >= 0.6 is 23.2 Å². The fourth-order valence-corrected chi connectivity index (χ4v) is 2.07. The smallest absolute Gasteiger partial charge is 0.0740 e. The highest BCUT2D eigenvalue weighted by atomic mass is 35.5. The number of halogens is 2. The highest BCUT2D eigenvalue weighted by Crippen LogP contribution is 2.22. The van der Waals surface area contributed by atoms with E-state index in [0.29, 0.717) is 23.1 Å². The second kappa shape index (κ2) is 6.60. The van der Waals surface area contributed by atoms with Crippen LogP contribution in [0.2, 0.25) is 5.02 Å². The van der Waals surface area contributed by atoms with E-state index in [1.54, 1.807) is 12.1 Å². The van der Waals surface area contributed by atoms with Crippen LogP contribution in [0, 0.1) is 0 Å². The molecule has 0 heterocycles. The average molecular weight is 293 g/mol. The van der Waals surface area contributed by atoms with E-state index in [1.165, 1.54) is 0 Å². The summed E-state index contributed by atoms with van der Waals surface area (Å²) < 4.78 is 0. The molecular formula is C15H14Cl2N2. The number of hydrogen-bond donors (Lipinski definition) is 1. The highest BCUT2D eigenvalue weighted by molar-refractivity contribution is 6.31. The monoisotopic (exact) mass is 292 g/mol. The average Bonchev–Trinajstić information content (AvgIpc) is 2.44. The number of aliphatic imine (C=N–C) groups is 1. The van der Waals surface area contributed by atoms with Gasteiger partial charge in [0.1, 0.15) is 0 Å². The number of alkyl halides is 1. The molecule has 0 fully saturated rings. The zero-order valence-electron chi connectivity index (χ0n) is 10.3. The Morgan fingerprint density at radius 1 is 1.11 bits per heavy atom. The molecule has 98 valence electrons. The summed E-state index contributed by atoms with van der Waals surface area (Å²) in [7, 11) is 0. The molecule has 0 radical (unpaired) electrons.